The van der Waals surface area contributed by atoms with E-state index in [-0.39, 0.29) is 16.4 Å². The maximum Gasteiger partial charge on any atom is 0.261 e. The Morgan fingerprint density at radius 3 is 1.82 bits per heavy atom. The number of hydrogen-bond acceptors (Lipinski definition) is 5. The molecule has 0 aliphatic rings. The monoisotopic (exact) mass is 417 g/mol. The number of aliphatic hydroxyl groups excluding tert-OH is 1. The van der Waals surface area contributed by atoms with E-state index in [2.05, 4.69) is 4.72 Å². The number of sulfonamides is 1. The van der Waals surface area contributed by atoms with Crippen molar-refractivity contribution in [2.24, 2.45) is 0 Å². The summed E-state index contributed by atoms with van der Waals surface area (Å²) < 4.78 is 50.7. The number of anilines is 1. The third kappa shape index (κ3) is 4.59. The van der Waals surface area contributed by atoms with E-state index >= 15 is 0 Å². The molecule has 0 bridgehead atoms. The first kappa shape index (κ1) is 20.1. The van der Waals surface area contributed by atoms with Gasteiger partial charge >= 0.3 is 0 Å². The normalized spacial score (nSPS) is 11.9. The van der Waals surface area contributed by atoms with Crippen molar-refractivity contribution in [2.75, 3.05) is 11.0 Å². The molecular weight excluding hydrogens is 398 g/mol. The van der Waals surface area contributed by atoms with Gasteiger partial charge in [-0.2, -0.15) is 0 Å². The van der Waals surface area contributed by atoms with Crippen LogP contribution in [-0.2, 0) is 26.5 Å². The van der Waals surface area contributed by atoms with E-state index in [1.165, 1.54) is 24.3 Å². The van der Waals surface area contributed by atoms with Gasteiger partial charge in [0.25, 0.3) is 10.0 Å². The number of benzene rings is 3. The van der Waals surface area contributed by atoms with Crippen LogP contribution >= 0.6 is 0 Å². The summed E-state index contributed by atoms with van der Waals surface area (Å²) in [6.07, 6.45) is 1.14. The lowest BCUT2D eigenvalue weighted by Crippen LogP contribution is -2.13. The quantitative estimate of drug-likeness (QED) is 0.642. The predicted octanol–water partition coefficient (Wildman–Crippen LogP) is 3.05. The van der Waals surface area contributed by atoms with Crippen molar-refractivity contribution in [1.82, 2.24) is 0 Å². The summed E-state index contributed by atoms with van der Waals surface area (Å²) in [5.41, 5.74) is 2.52. The van der Waals surface area contributed by atoms with Gasteiger partial charge in [-0.15, -0.1) is 0 Å². The maximum absolute atomic E-state index is 12.6. The summed E-state index contributed by atoms with van der Waals surface area (Å²) in [5, 5.41) is 9.17. The molecule has 0 saturated carbocycles. The molecule has 0 aliphatic heterocycles. The Labute approximate surface area is 164 Å². The van der Waals surface area contributed by atoms with Crippen LogP contribution in [0.25, 0.3) is 11.1 Å². The van der Waals surface area contributed by atoms with Gasteiger partial charge in [-0.1, -0.05) is 36.4 Å². The van der Waals surface area contributed by atoms with E-state index in [1.54, 1.807) is 48.5 Å². The van der Waals surface area contributed by atoms with E-state index in [4.69, 9.17) is 5.11 Å². The zero-order valence-corrected chi connectivity index (χ0v) is 16.7. The maximum atomic E-state index is 12.6. The fourth-order valence-electron chi connectivity index (χ4n) is 2.67. The predicted molar refractivity (Wildman–Crippen MR) is 108 cm³/mol. The molecule has 146 valence electrons. The summed E-state index contributed by atoms with van der Waals surface area (Å²) in [6.45, 7) is -0.178. The number of nitrogens with one attached hydrogen (secondary N) is 1. The molecular formula is C20H19NO5S2. The van der Waals surface area contributed by atoms with Crippen LogP contribution in [0, 0.1) is 0 Å². The van der Waals surface area contributed by atoms with Crippen molar-refractivity contribution in [1.29, 1.82) is 0 Å². The molecule has 28 heavy (non-hydrogen) atoms. The smallest absolute Gasteiger partial charge is 0.261 e. The Bertz CT molecular complexity index is 1180. The van der Waals surface area contributed by atoms with Gasteiger partial charge in [-0.05, 0) is 53.1 Å². The highest BCUT2D eigenvalue weighted by atomic mass is 32.2. The van der Waals surface area contributed by atoms with E-state index in [1.807, 2.05) is 0 Å². The summed E-state index contributed by atoms with van der Waals surface area (Å²) in [6, 6.07) is 19.2. The lowest BCUT2D eigenvalue weighted by Gasteiger charge is -2.10. The van der Waals surface area contributed by atoms with Crippen LogP contribution in [-0.4, -0.2) is 28.2 Å². The number of rotatable bonds is 6. The van der Waals surface area contributed by atoms with E-state index in [0.717, 1.165) is 17.4 Å². The third-order valence-electron chi connectivity index (χ3n) is 4.14. The molecule has 3 rings (SSSR count). The van der Waals surface area contributed by atoms with Crippen molar-refractivity contribution < 1.29 is 21.9 Å². The SMILES string of the molecule is CS(=O)(=O)c1ccc(-c2ccc(S(=O)(=O)Nc3cccc(CO)c3)cc2)cc1. The molecule has 0 atom stereocenters. The number of sulfone groups is 1. The highest BCUT2D eigenvalue weighted by molar-refractivity contribution is 7.92. The molecule has 6 nitrogen and oxygen atoms in total. The van der Waals surface area contributed by atoms with Crippen molar-refractivity contribution >= 4 is 25.5 Å². The Hall–Kier alpha value is -2.68. The second kappa shape index (κ2) is 7.75. The van der Waals surface area contributed by atoms with Crippen molar-refractivity contribution in [3.8, 4) is 11.1 Å². The third-order valence-corrected chi connectivity index (χ3v) is 6.67. The van der Waals surface area contributed by atoms with Gasteiger partial charge in [0.1, 0.15) is 0 Å². The van der Waals surface area contributed by atoms with Crippen LogP contribution in [0.15, 0.2) is 82.6 Å². The largest absolute Gasteiger partial charge is 0.392 e. The number of hydrogen-bond donors (Lipinski definition) is 2. The lowest BCUT2D eigenvalue weighted by atomic mass is 10.1. The number of aliphatic hydroxyl groups is 1. The topological polar surface area (TPSA) is 101 Å². The molecule has 0 radical (unpaired) electrons. The zero-order chi connectivity index (χ0) is 20.4. The highest BCUT2D eigenvalue weighted by Crippen LogP contribution is 2.24. The van der Waals surface area contributed by atoms with Crippen LogP contribution in [0.1, 0.15) is 5.56 Å². The Morgan fingerprint density at radius 1 is 0.786 bits per heavy atom. The molecule has 0 saturated heterocycles. The minimum absolute atomic E-state index is 0.0957. The molecule has 3 aromatic rings. The Kier molecular flexibility index (Phi) is 5.55. The average molecular weight is 418 g/mol. The molecule has 0 heterocycles. The molecule has 0 spiro atoms. The Balaban J connectivity index is 1.83. The first-order chi connectivity index (χ1) is 13.2. The van der Waals surface area contributed by atoms with Gasteiger partial charge in [0.15, 0.2) is 9.84 Å². The standard InChI is InChI=1S/C20H19NO5S2/c1-27(23,24)19-9-5-16(6-10-19)17-7-11-20(12-8-17)28(25,26)21-18-4-2-3-15(13-18)14-22/h2-13,21-22H,14H2,1H3. The zero-order valence-electron chi connectivity index (χ0n) is 15.0. The second-order valence-corrected chi connectivity index (χ2v) is 9.98. The first-order valence-corrected chi connectivity index (χ1v) is 11.7. The van der Waals surface area contributed by atoms with Gasteiger partial charge < -0.3 is 5.11 Å². The summed E-state index contributed by atoms with van der Waals surface area (Å²) >= 11 is 0. The van der Waals surface area contributed by atoms with E-state index in [0.29, 0.717) is 11.3 Å². The molecule has 8 heteroatoms. The van der Waals surface area contributed by atoms with Crippen LogP contribution in [0.2, 0.25) is 0 Å². The fraction of sp³-hybridized carbons (Fsp3) is 0.100. The fourth-order valence-corrected chi connectivity index (χ4v) is 4.35. The van der Waals surface area contributed by atoms with Gasteiger partial charge in [0.05, 0.1) is 16.4 Å². The van der Waals surface area contributed by atoms with Crippen LogP contribution in [0.3, 0.4) is 0 Å². The summed E-state index contributed by atoms with van der Waals surface area (Å²) in [7, 11) is -7.04. The minimum Gasteiger partial charge on any atom is -0.392 e. The molecule has 0 amide bonds. The summed E-state index contributed by atoms with van der Waals surface area (Å²) in [5.74, 6) is 0. The van der Waals surface area contributed by atoms with Crippen molar-refractivity contribution in [3.63, 3.8) is 0 Å². The molecule has 0 aromatic heterocycles. The molecule has 0 unspecified atom stereocenters. The van der Waals surface area contributed by atoms with Gasteiger partial charge in [-0.25, -0.2) is 16.8 Å². The lowest BCUT2D eigenvalue weighted by molar-refractivity contribution is 0.282. The molecule has 3 aromatic carbocycles. The van der Waals surface area contributed by atoms with Crippen molar-refractivity contribution in [3.05, 3.63) is 78.4 Å². The highest BCUT2D eigenvalue weighted by Gasteiger charge is 2.15. The average Bonchev–Trinajstić information content (AvgIpc) is 2.67. The molecule has 2 N–H and O–H groups in total. The summed E-state index contributed by atoms with van der Waals surface area (Å²) in [4.78, 5) is 0.322. The second-order valence-electron chi connectivity index (χ2n) is 6.28. The van der Waals surface area contributed by atoms with Gasteiger partial charge in [-0.3, -0.25) is 4.72 Å². The van der Waals surface area contributed by atoms with Gasteiger partial charge in [0.2, 0.25) is 0 Å². The van der Waals surface area contributed by atoms with Gasteiger partial charge in [0, 0.05) is 11.9 Å². The van der Waals surface area contributed by atoms with Crippen molar-refractivity contribution in [2.45, 2.75) is 16.4 Å². The van der Waals surface area contributed by atoms with E-state index < -0.39 is 19.9 Å². The first-order valence-electron chi connectivity index (χ1n) is 8.32. The molecule has 0 aliphatic carbocycles. The minimum atomic E-state index is -3.77. The van der Waals surface area contributed by atoms with E-state index in [9.17, 15) is 16.8 Å². The molecule has 0 fully saturated rings. The van der Waals surface area contributed by atoms with Crippen LogP contribution in [0.5, 0.6) is 0 Å². The Morgan fingerprint density at radius 2 is 1.32 bits per heavy atom. The van der Waals surface area contributed by atoms with Crippen LogP contribution in [0.4, 0.5) is 5.69 Å². The van der Waals surface area contributed by atoms with Crippen LogP contribution < -0.4 is 4.72 Å².